The number of fused-ring (bicyclic) bond motifs is 1. The van der Waals surface area contributed by atoms with Crippen LogP contribution in [-0.2, 0) is 13.0 Å². The number of hydrogen-bond donors (Lipinski definition) is 1. The highest BCUT2D eigenvalue weighted by molar-refractivity contribution is 5.91. The van der Waals surface area contributed by atoms with E-state index in [-0.39, 0.29) is 5.91 Å². The molecule has 0 aliphatic carbocycles. The van der Waals surface area contributed by atoms with E-state index in [2.05, 4.69) is 45.5 Å². The van der Waals surface area contributed by atoms with Gasteiger partial charge < -0.3 is 10.2 Å². The quantitative estimate of drug-likeness (QED) is 0.914. The first-order valence-corrected chi connectivity index (χ1v) is 9.46. The molecule has 0 spiro atoms. The highest BCUT2D eigenvalue weighted by Crippen LogP contribution is 2.29. The van der Waals surface area contributed by atoms with Crippen molar-refractivity contribution < 1.29 is 4.79 Å². The Morgan fingerprint density at radius 2 is 2.19 bits per heavy atom. The van der Waals surface area contributed by atoms with E-state index in [9.17, 15) is 4.79 Å². The fourth-order valence-electron chi connectivity index (χ4n) is 4.16. The molecule has 0 bridgehead atoms. The molecule has 6 heteroatoms. The number of likely N-dealkylation sites (tertiary alicyclic amines) is 1. The summed E-state index contributed by atoms with van der Waals surface area (Å²) in [7, 11) is 3.80. The molecular weight excluding hydrogens is 326 g/mol. The zero-order valence-corrected chi connectivity index (χ0v) is 15.6. The van der Waals surface area contributed by atoms with Crippen LogP contribution in [0, 0.1) is 0 Å². The zero-order chi connectivity index (χ0) is 18.1. The second-order valence-corrected chi connectivity index (χ2v) is 7.43. The number of carbonyl (C=O) groups excluding carboxylic acids is 1. The van der Waals surface area contributed by atoms with Gasteiger partial charge in [-0.05, 0) is 49.1 Å². The van der Waals surface area contributed by atoms with E-state index < -0.39 is 0 Å². The predicted octanol–water partition coefficient (Wildman–Crippen LogP) is 2.07. The average molecular weight is 353 g/mol. The second-order valence-electron chi connectivity index (χ2n) is 7.43. The number of piperidine rings is 1. The van der Waals surface area contributed by atoms with Crippen LogP contribution >= 0.6 is 0 Å². The van der Waals surface area contributed by atoms with Crippen LogP contribution in [0.5, 0.6) is 0 Å². The van der Waals surface area contributed by atoms with E-state index in [0.717, 1.165) is 45.4 Å². The summed E-state index contributed by atoms with van der Waals surface area (Å²) in [5.41, 5.74) is 4.74. The zero-order valence-electron chi connectivity index (χ0n) is 15.6. The maximum atomic E-state index is 11.7. The van der Waals surface area contributed by atoms with Gasteiger partial charge in [0.05, 0.1) is 6.04 Å². The van der Waals surface area contributed by atoms with Gasteiger partial charge in [-0.2, -0.15) is 5.10 Å². The molecule has 1 fully saturated rings. The lowest BCUT2D eigenvalue weighted by molar-refractivity contribution is 0.0955. The van der Waals surface area contributed by atoms with Crippen LogP contribution in [-0.4, -0.2) is 54.3 Å². The largest absolute Gasteiger partial charge is 0.374 e. The van der Waals surface area contributed by atoms with Crippen LogP contribution in [0.3, 0.4) is 0 Å². The standard InChI is InChI=1S/C20H27N5O/c1-21-20(26)18-8-11-25(22-18)17-4-3-9-24(14-17)13-15-5-6-19-16(12-15)7-10-23(19)2/h5-6,8,11-12,17H,3-4,7,9-10,13-14H2,1-2H3,(H,21,26)/t17-/m0/s1. The van der Waals surface area contributed by atoms with E-state index in [0.29, 0.717) is 11.7 Å². The van der Waals surface area contributed by atoms with Crippen molar-refractivity contribution in [2.24, 2.45) is 0 Å². The fourth-order valence-corrected chi connectivity index (χ4v) is 4.16. The molecule has 2 aliphatic rings. The maximum absolute atomic E-state index is 11.7. The van der Waals surface area contributed by atoms with Crippen LogP contribution in [0.4, 0.5) is 5.69 Å². The molecule has 1 saturated heterocycles. The number of nitrogens with one attached hydrogen (secondary N) is 1. The Bertz CT molecular complexity index is 799. The lowest BCUT2D eigenvalue weighted by Gasteiger charge is -2.33. The number of nitrogens with zero attached hydrogens (tertiary/aromatic N) is 4. The number of carbonyl (C=O) groups is 1. The van der Waals surface area contributed by atoms with Gasteiger partial charge in [-0.15, -0.1) is 0 Å². The molecule has 26 heavy (non-hydrogen) atoms. The van der Waals surface area contributed by atoms with Gasteiger partial charge in [-0.3, -0.25) is 14.4 Å². The van der Waals surface area contributed by atoms with Gasteiger partial charge in [0, 0.05) is 45.6 Å². The predicted molar refractivity (Wildman–Crippen MR) is 103 cm³/mol. The van der Waals surface area contributed by atoms with E-state index in [4.69, 9.17) is 0 Å². The highest BCUT2D eigenvalue weighted by Gasteiger charge is 2.23. The lowest BCUT2D eigenvalue weighted by Crippen LogP contribution is -2.36. The molecule has 138 valence electrons. The van der Waals surface area contributed by atoms with Crippen LogP contribution in [0.1, 0.15) is 40.5 Å². The summed E-state index contributed by atoms with van der Waals surface area (Å²) in [6.07, 6.45) is 5.36. The molecule has 2 aliphatic heterocycles. The van der Waals surface area contributed by atoms with Crippen LogP contribution in [0.25, 0.3) is 0 Å². The molecule has 1 aromatic heterocycles. The Hall–Kier alpha value is -2.34. The van der Waals surface area contributed by atoms with Gasteiger partial charge in [0.15, 0.2) is 0 Å². The minimum Gasteiger partial charge on any atom is -0.374 e. The average Bonchev–Trinajstić information content (AvgIpc) is 3.29. The molecule has 1 aromatic carbocycles. The van der Waals surface area contributed by atoms with Crippen molar-refractivity contribution in [3.8, 4) is 0 Å². The summed E-state index contributed by atoms with van der Waals surface area (Å²) in [6, 6.07) is 9.04. The maximum Gasteiger partial charge on any atom is 0.271 e. The summed E-state index contributed by atoms with van der Waals surface area (Å²) in [4.78, 5) is 16.6. The molecule has 0 unspecified atom stereocenters. The number of amides is 1. The number of hydrogen-bond acceptors (Lipinski definition) is 4. The molecule has 6 nitrogen and oxygen atoms in total. The van der Waals surface area contributed by atoms with Gasteiger partial charge >= 0.3 is 0 Å². The molecule has 1 N–H and O–H groups in total. The van der Waals surface area contributed by atoms with Crippen molar-refractivity contribution in [1.29, 1.82) is 0 Å². The van der Waals surface area contributed by atoms with Crippen molar-refractivity contribution in [3.63, 3.8) is 0 Å². The summed E-state index contributed by atoms with van der Waals surface area (Å²) in [5, 5.41) is 7.11. The van der Waals surface area contributed by atoms with Crippen molar-refractivity contribution in [1.82, 2.24) is 20.0 Å². The Balaban J connectivity index is 1.42. The molecular formula is C20H27N5O. The van der Waals surface area contributed by atoms with Gasteiger partial charge in [-0.1, -0.05) is 12.1 Å². The topological polar surface area (TPSA) is 53.4 Å². The number of anilines is 1. The smallest absolute Gasteiger partial charge is 0.271 e. The van der Waals surface area contributed by atoms with Gasteiger partial charge in [0.2, 0.25) is 0 Å². The third-order valence-corrected chi connectivity index (χ3v) is 5.60. The third-order valence-electron chi connectivity index (χ3n) is 5.60. The van der Waals surface area contributed by atoms with Crippen molar-refractivity contribution >= 4 is 11.6 Å². The number of likely N-dealkylation sites (N-methyl/N-ethyl adjacent to an activating group) is 1. The lowest BCUT2D eigenvalue weighted by atomic mass is 10.0. The van der Waals surface area contributed by atoms with Crippen LogP contribution in [0.15, 0.2) is 30.5 Å². The Labute approximate surface area is 154 Å². The Morgan fingerprint density at radius 1 is 1.31 bits per heavy atom. The Kier molecular flexibility index (Phi) is 4.68. The molecule has 3 heterocycles. The highest BCUT2D eigenvalue weighted by atomic mass is 16.1. The molecule has 0 radical (unpaired) electrons. The summed E-state index contributed by atoms with van der Waals surface area (Å²) in [6.45, 7) is 4.21. The van der Waals surface area contributed by atoms with Crippen LogP contribution in [0.2, 0.25) is 0 Å². The summed E-state index contributed by atoms with van der Waals surface area (Å²) in [5.74, 6) is -0.125. The summed E-state index contributed by atoms with van der Waals surface area (Å²) < 4.78 is 1.97. The molecule has 1 atom stereocenters. The molecule has 4 rings (SSSR count). The van der Waals surface area contributed by atoms with Gasteiger partial charge in [0.1, 0.15) is 5.69 Å². The number of rotatable bonds is 4. The van der Waals surface area contributed by atoms with Gasteiger partial charge in [-0.25, -0.2) is 0 Å². The van der Waals surface area contributed by atoms with E-state index >= 15 is 0 Å². The minimum absolute atomic E-state index is 0.125. The SMILES string of the molecule is CNC(=O)c1ccn([C@H]2CCCN(Cc3ccc4c(c3)CCN4C)C2)n1. The molecule has 2 aromatic rings. The van der Waals surface area contributed by atoms with Crippen LogP contribution < -0.4 is 10.2 Å². The fraction of sp³-hybridized carbons (Fsp3) is 0.500. The normalized spacial score (nSPS) is 20.2. The van der Waals surface area contributed by atoms with Crippen molar-refractivity contribution in [2.45, 2.75) is 31.8 Å². The second kappa shape index (κ2) is 7.11. The first kappa shape index (κ1) is 17.1. The third kappa shape index (κ3) is 3.33. The van der Waals surface area contributed by atoms with E-state index in [1.807, 2.05) is 10.9 Å². The first-order chi connectivity index (χ1) is 12.6. The van der Waals surface area contributed by atoms with Crippen molar-refractivity contribution in [3.05, 3.63) is 47.3 Å². The Morgan fingerprint density at radius 3 is 3.04 bits per heavy atom. The van der Waals surface area contributed by atoms with E-state index in [1.54, 1.807) is 13.1 Å². The summed E-state index contributed by atoms with van der Waals surface area (Å²) >= 11 is 0. The molecule has 0 saturated carbocycles. The van der Waals surface area contributed by atoms with Gasteiger partial charge in [0.25, 0.3) is 5.91 Å². The van der Waals surface area contributed by atoms with E-state index in [1.165, 1.54) is 16.8 Å². The number of benzene rings is 1. The molecule has 1 amide bonds. The first-order valence-electron chi connectivity index (χ1n) is 9.46. The number of aromatic nitrogens is 2. The minimum atomic E-state index is -0.125. The van der Waals surface area contributed by atoms with Crippen molar-refractivity contribution in [2.75, 3.05) is 38.6 Å². The monoisotopic (exact) mass is 353 g/mol.